The molecule has 1 amide bonds. The molecule has 0 fully saturated rings. The van der Waals surface area contributed by atoms with Gasteiger partial charge < -0.3 is 19.9 Å². The quantitative estimate of drug-likeness (QED) is 0.250. The van der Waals surface area contributed by atoms with Crippen molar-refractivity contribution >= 4 is 46.1 Å². The van der Waals surface area contributed by atoms with Gasteiger partial charge in [0.1, 0.15) is 11.4 Å². The van der Waals surface area contributed by atoms with Gasteiger partial charge in [-0.2, -0.15) is 0 Å². The predicted octanol–water partition coefficient (Wildman–Crippen LogP) is 6.12. The molecule has 10 heteroatoms. The summed E-state index contributed by atoms with van der Waals surface area (Å²) in [7, 11) is 0. The average Bonchev–Trinajstić information content (AvgIpc) is 3.39. The third kappa shape index (κ3) is 5.26. The molecule has 0 bridgehead atoms. The van der Waals surface area contributed by atoms with E-state index in [1.807, 2.05) is 48.5 Å². The van der Waals surface area contributed by atoms with Crippen molar-refractivity contribution < 1.29 is 9.53 Å². The average molecular weight is 559 g/mol. The molecule has 0 aliphatic carbocycles. The summed E-state index contributed by atoms with van der Waals surface area (Å²) in [6.07, 6.45) is 5.38. The van der Waals surface area contributed by atoms with Crippen molar-refractivity contribution in [1.82, 2.24) is 25.3 Å². The Morgan fingerprint density at radius 1 is 1.03 bits per heavy atom. The van der Waals surface area contributed by atoms with Gasteiger partial charge in [-0.25, -0.2) is 4.98 Å². The number of halogens is 2. The molecule has 1 atom stereocenters. The number of anilines is 1. The zero-order valence-electron chi connectivity index (χ0n) is 20.8. The number of carbonyl (C=O) groups is 1. The normalized spacial score (nSPS) is 14.5. The first-order chi connectivity index (χ1) is 19.1. The Hall–Kier alpha value is -4.14. The fourth-order valence-corrected chi connectivity index (χ4v) is 5.30. The number of nitrogens with zero attached hydrogens (tertiary/aromatic N) is 4. The number of hydrogen-bond donors (Lipinski definition) is 2. The number of fused-ring (bicyclic) bond motifs is 2. The molecule has 39 heavy (non-hydrogen) atoms. The van der Waals surface area contributed by atoms with Gasteiger partial charge in [0.15, 0.2) is 0 Å². The summed E-state index contributed by atoms with van der Waals surface area (Å²) in [6.45, 7) is 1.54. The number of para-hydroxylation sites is 2. The number of amides is 1. The van der Waals surface area contributed by atoms with Crippen LogP contribution in [0.3, 0.4) is 0 Å². The summed E-state index contributed by atoms with van der Waals surface area (Å²) < 4.78 is 5.88. The van der Waals surface area contributed by atoms with Gasteiger partial charge in [-0.15, -0.1) is 0 Å². The second-order valence-corrected chi connectivity index (χ2v) is 10.0. The maximum absolute atomic E-state index is 12.6. The van der Waals surface area contributed by atoms with Crippen LogP contribution in [0.1, 0.15) is 39.6 Å². The number of pyridine rings is 2. The molecule has 0 saturated heterocycles. The van der Waals surface area contributed by atoms with E-state index in [1.165, 1.54) is 12.4 Å². The number of ether oxygens (including phenoxy) is 1. The van der Waals surface area contributed by atoms with E-state index in [2.05, 4.69) is 37.3 Å². The highest BCUT2D eigenvalue weighted by atomic mass is 35.5. The van der Waals surface area contributed by atoms with E-state index in [4.69, 9.17) is 32.9 Å². The van der Waals surface area contributed by atoms with Crippen LogP contribution in [0.25, 0.3) is 11.0 Å². The van der Waals surface area contributed by atoms with Gasteiger partial charge in [0.05, 0.1) is 39.3 Å². The van der Waals surface area contributed by atoms with Crippen molar-refractivity contribution in [2.75, 3.05) is 11.5 Å². The minimum atomic E-state index is -0.349. The topological polar surface area (TPSA) is 96.0 Å². The summed E-state index contributed by atoms with van der Waals surface area (Å²) >= 11 is 12.2. The van der Waals surface area contributed by atoms with E-state index < -0.39 is 0 Å². The highest BCUT2D eigenvalue weighted by molar-refractivity contribution is 6.39. The molecule has 2 aromatic carbocycles. The molecule has 1 aliphatic heterocycles. The van der Waals surface area contributed by atoms with E-state index in [0.717, 1.165) is 46.0 Å². The lowest BCUT2D eigenvalue weighted by atomic mass is 10.0. The minimum absolute atomic E-state index is 0.00987. The van der Waals surface area contributed by atoms with Crippen LogP contribution in [-0.4, -0.2) is 32.4 Å². The Morgan fingerprint density at radius 3 is 2.59 bits per heavy atom. The molecule has 3 aromatic heterocycles. The van der Waals surface area contributed by atoms with Gasteiger partial charge in [0.2, 0.25) is 5.95 Å². The van der Waals surface area contributed by atoms with E-state index >= 15 is 0 Å². The summed E-state index contributed by atoms with van der Waals surface area (Å²) in [4.78, 5) is 31.8. The molecule has 5 aromatic rings. The van der Waals surface area contributed by atoms with Gasteiger partial charge in [0, 0.05) is 38.1 Å². The van der Waals surface area contributed by atoms with Gasteiger partial charge in [-0.3, -0.25) is 14.8 Å². The summed E-state index contributed by atoms with van der Waals surface area (Å²) in [5, 5.41) is 3.30. The smallest absolute Gasteiger partial charge is 0.254 e. The van der Waals surface area contributed by atoms with Crippen molar-refractivity contribution in [3.8, 4) is 5.75 Å². The highest BCUT2D eigenvalue weighted by Gasteiger charge is 2.30. The fraction of sp³-hybridized carbons (Fsp3) is 0.172. The van der Waals surface area contributed by atoms with Crippen LogP contribution in [-0.2, 0) is 13.1 Å². The van der Waals surface area contributed by atoms with E-state index in [0.29, 0.717) is 19.7 Å². The molecule has 8 nitrogen and oxygen atoms in total. The van der Waals surface area contributed by atoms with Gasteiger partial charge in [-0.05, 0) is 35.4 Å². The largest absolute Gasteiger partial charge is 0.491 e. The van der Waals surface area contributed by atoms with Gasteiger partial charge in [-0.1, -0.05) is 59.6 Å². The number of aromatic nitrogens is 4. The maximum Gasteiger partial charge on any atom is 0.254 e. The molecule has 1 unspecified atom stereocenters. The minimum Gasteiger partial charge on any atom is -0.491 e. The lowest BCUT2D eigenvalue weighted by Gasteiger charge is -2.34. The van der Waals surface area contributed by atoms with Crippen molar-refractivity contribution in [2.24, 2.45) is 0 Å². The summed E-state index contributed by atoms with van der Waals surface area (Å²) in [6, 6.07) is 20.0. The highest BCUT2D eigenvalue weighted by Crippen LogP contribution is 2.37. The monoisotopic (exact) mass is 558 g/mol. The third-order valence-electron chi connectivity index (χ3n) is 6.70. The zero-order chi connectivity index (χ0) is 26.8. The fourth-order valence-electron chi connectivity index (χ4n) is 4.76. The number of hydrogen-bond acceptors (Lipinski definition) is 6. The molecule has 4 heterocycles. The van der Waals surface area contributed by atoms with Crippen LogP contribution in [0.2, 0.25) is 10.0 Å². The third-order valence-corrected chi connectivity index (χ3v) is 7.27. The summed E-state index contributed by atoms with van der Waals surface area (Å²) in [5.41, 5.74) is 5.04. The summed E-state index contributed by atoms with van der Waals surface area (Å²) in [5.74, 6) is 1.23. The van der Waals surface area contributed by atoms with Crippen LogP contribution in [0.4, 0.5) is 5.95 Å². The molecule has 0 radical (unpaired) electrons. The number of rotatable bonds is 7. The Bertz CT molecular complexity index is 1590. The second kappa shape index (κ2) is 10.9. The number of H-pyrrole nitrogens is 1. The number of carbonyl (C=O) groups excluding carboxylic acids is 1. The van der Waals surface area contributed by atoms with E-state index in [1.54, 1.807) is 6.20 Å². The van der Waals surface area contributed by atoms with Crippen molar-refractivity contribution in [3.05, 3.63) is 112 Å². The van der Waals surface area contributed by atoms with Crippen molar-refractivity contribution in [2.45, 2.75) is 25.6 Å². The second-order valence-electron chi connectivity index (χ2n) is 9.22. The van der Waals surface area contributed by atoms with Crippen LogP contribution in [0.5, 0.6) is 5.75 Å². The standard InChI is InChI=1S/C29H24Cl2N6O2/c30-20-15-32-16-21(31)26(20)28(38)34-14-18-7-9-19(10-8-18)17-37(29-35-22-4-1-2-5-23(22)36-29)24-11-13-39-25-6-3-12-33-27(24)25/h1-10,12,15-16,24H,11,13-14,17H2,(H,34,38)(H,35,36). The van der Waals surface area contributed by atoms with Gasteiger partial charge in [0.25, 0.3) is 5.91 Å². The molecule has 1 aliphatic rings. The number of benzene rings is 2. The van der Waals surface area contributed by atoms with Crippen LogP contribution >= 0.6 is 23.2 Å². The first-order valence-corrected chi connectivity index (χ1v) is 13.3. The van der Waals surface area contributed by atoms with Crippen LogP contribution in [0.15, 0.2) is 79.3 Å². The predicted molar refractivity (Wildman–Crippen MR) is 151 cm³/mol. The van der Waals surface area contributed by atoms with Gasteiger partial charge >= 0.3 is 0 Å². The molecule has 6 rings (SSSR count). The number of nitrogens with one attached hydrogen (secondary N) is 2. The zero-order valence-corrected chi connectivity index (χ0v) is 22.3. The van der Waals surface area contributed by atoms with Crippen LogP contribution < -0.4 is 15.0 Å². The number of aromatic amines is 1. The van der Waals surface area contributed by atoms with Crippen LogP contribution in [0, 0.1) is 0 Å². The molecule has 2 N–H and O–H groups in total. The maximum atomic E-state index is 12.6. The first kappa shape index (κ1) is 25.2. The number of imidazole rings is 1. The first-order valence-electron chi connectivity index (χ1n) is 12.5. The van der Waals surface area contributed by atoms with Crippen molar-refractivity contribution in [1.29, 1.82) is 0 Å². The molecule has 0 spiro atoms. The lowest BCUT2D eigenvalue weighted by molar-refractivity contribution is 0.0951. The molecule has 196 valence electrons. The molecular weight excluding hydrogens is 535 g/mol. The molecular formula is C29H24Cl2N6O2. The molecule has 0 saturated carbocycles. The Kier molecular flexibility index (Phi) is 7.04. The Balaban J connectivity index is 1.23. The Labute approximate surface area is 235 Å². The SMILES string of the molecule is O=C(NCc1ccc(CN(c2nc3ccccc3[nH]2)C2CCOc3cccnc32)cc1)c1c(Cl)cncc1Cl. The van der Waals surface area contributed by atoms with Crippen molar-refractivity contribution in [3.63, 3.8) is 0 Å². The van der Waals surface area contributed by atoms with E-state index in [-0.39, 0.29) is 27.6 Å². The lowest BCUT2D eigenvalue weighted by Crippen LogP contribution is -2.33. The Morgan fingerprint density at radius 2 is 1.79 bits per heavy atom. The van der Waals surface area contributed by atoms with E-state index in [9.17, 15) is 4.79 Å².